The second-order valence-electron chi connectivity index (χ2n) is 5.83. The highest BCUT2D eigenvalue weighted by Gasteiger charge is 2.02. The molecule has 0 heterocycles. The third-order valence-electron chi connectivity index (χ3n) is 3.83. The summed E-state index contributed by atoms with van der Waals surface area (Å²) < 4.78 is 5.66. The van der Waals surface area contributed by atoms with Gasteiger partial charge < -0.3 is 4.74 Å². The Bertz CT molecular complexity index is 418. The monoisotopic (exact) mass is 324 g/mol. The maximum absolute atomic E-state index is 11.1. The summed E-state index contributed by atoms with van der Waals surface area (Å²) in [4.78, 5) is 11.1. The molecule has 3 heteroatoms. The first kappa shape index (κ1) is 19.0. The van der Waals surface area contributed by atoms with Gasteiger partial charge in [0.2, 0.25) is 0 Å². The van der Waals surface area contributed by atoms with Gasteiger partial charge in [0.1, 0.15) is 5.75 Å². The second kappa shape index (κ2) is 12.5. The lowest BCUT2D eigenvalue weighted by Crippen LogP contribution is -1.98. The van der Waals surface area contributed by atoms with Gasteiger partial charge in [-0.1, -0.05) is 70.8 Å². The Labute approximate surface area is 140 Å². The summed E-state index contributed by atoms with van der Waals surface area (Å²) in [6.07, 6.45) is 13.1. The van der Waals surface area contributed by atoms with Crippen molar-refractivity contribution in [1.82, 2.24) is 0 Å². The molecule has 0 spiro atoms. The molecular weight excluding hydrogens is 296 g/mol. The van der Waals surface area contributed by atoms with Crippen LogP contribution in [-0.4, -0.2) is 11.8 Å². The predicted octanol–water partition coefficient (Wildman–Crippen LogP) is 6.37. The summed E-state index contributed by atoms with van der Waals surface area (Å²) in [5.74, 6) is 0.724. The first-order valence-electron chi connectivity index (χ1n) is 8.66. The normalized spacial score (nSPS) is 10.6. The molecule has 0 aliphatic carbocycles. The van der Waals surface area contributed by atoms with Gasteiger partial charge in [-0.3, -0.25) is 4.79 Å². The molecule has 1 rings (SSSR count). The zero-order valence-electron chi connectivity index (χ0n) is 13.8. The summed E-state index contributed by atoms with van der Waals surface area (Å²) in [6.45, 7) is 2.96. The number of carbonyl (C=O) groups excluding carboxylic acids is 1. The zero-order chi connectivity index (χ0) is 16.0. The van der Waals surface area contributed by atoms with Gasteiger partial charge in [0.25, 0.3) is 5.24 Å². The van der Waals surface area contributed by atoms with Crippen LogP contribution in [0.4, 0.5) is 0 Å². The lowest BCUT2D eigenvalue weighted by Gasteiger charge is -2.07. The van der Waals surface area contributed by atoms with Crippen molar-refractivity contribution in [3.05, 3.63) is 29.8 Å². The van der Waals surface area contributed by atoms with Crippen molar-refractivity contribution in [3.63, 3.8) is 0 Å². The molecule has 0 aromatic heterocycles. The molecular formula is C19H29ClO2. The van der Waals surface area contributed by atoms with Gasteiger partial charge in [-0.05, 0) is 36.2 Å². The van der Waals surface area contributed by atoms with Crippen molar-refractivity contribution in [3.8, 4) is 5.75 Å². The fourth-order valence-electron chi connectivity index (χ4n) is 2.49. The number of hydrogen-bond acceptors (Lipinski definition) is 2. The third kappa shape index (κ3) is 9.09. The maximum Gasteiger partial charge on any atom is 0.252 e. The molecule has 2 nitrogen and oxygen atoms in total. The Morgan fingerprint density at radius 1 is 0.955 bits per heavy atom. The van der Waals surface area contributed by atoms with Crippen LogP contribution < -0.4 is 4.74 Å². The number of halogens is 1. The van der Waals surface area contributed by atoms with Gasteiger partial charge in [0.15, 0.2) is 0 Å². The number of carbonyl (C=O) groups is 1. The lowest BCUT2D eigenvalue weighted by atomic mass is 10.1. The van der Waals surface area contributed by atoms with Gasteiger partial charge in [-0.2, -0.15) is 0 Å². The van der Waals surface area contributed by atoms with E-state index in [0.717, 1.165) is 12.2 Å². The highest BCUT2D eigenvalue weighted by Crippen LogP contribution is 2.16. The average Bonchev–Trinajstić information content (AvgIpc) is 2.53. The minimum absolute atomic E-state index is 0.440. The molecule has 0 N–H and O–H groups in total. The topological polar surface area (TPSA) is 26.3 Å². The van der Waals surface area contributed by atoms with Gasteiger partial charge in [-0.25, -0.2) is 0 Å². The van der Waals surface area contributed by atoms with Crippen molar-refractivity contribution < 1.29 is 9.53 Å². The second-order valence-corrected chi connectivity index (χ2v) is 6.18. The van der Waals surface area contributed by atoms with Gasteiger partial charge >= 0.3 is 0 Å². The Morgan fingerprint density at radius 2 is 1.55 bits per heavy atom. The van der Waals surface area contributed by atoms with E-state index in [-0.39, 0.29) is 0 Å². The Kier molecular flexibility index (Phi) is 10.8. The highest BCUT2D eigenvalue weighted by molar-refractivity contribution is 6.67. The van der Waals surface area contributed by atoms with Crippen molar-refractivity contribution in [2.75, 3.05) is 6.61 Å². The number of unbranched alkanes of at least 4 members (excludes halogenated alkanes) is 9. The van der Waals surface area contributed by atoms with Crippen LogP contribution in [0.1, 0.15) is 81.5 Å². The van der Waals surface area contributed by atoms with E-state index in [9.17, 15) is 4.79 Å². The van der Waals surface area contributed by atoms with Crippen molar-refractivity contribution in [1.29, 1.82) is 0 Å². The van der Waals surface area contributed by atoms with Gasteiger partial charge in [-0.15, -0.1) is 0 Å². The molecule has 0 fully saturated rings. The van der Waals surface area contributed by atoms with Crippen LogP contribution in [0.5, 0.6) is 5.75 Å². The fourth-order valence-corrected chi connectivity index (χ4v) is 2.61. The Hall–Kier alpha value is -1.02. The smallest absolute Gasteiger partial charge is 0.252 e. The van der Waals surface area contributed by atoms with Crippen LogP contribution in [0.3, 0.4) is 0 Å². The first-order valence-corrected chi connectivity index (χ1v) is 9.04. The molecule has 1 aromatic rings. The van der Waals surface area contributed by atoms with Crippen LogP contribution in [0.15, 0.2) is 24.3 Å². The highest BCUT2D eigenvalue weighted by atomic mass is 35.5. The maximum atomic E-state index is 11.1. The summed E-state index contributed by atoms with van der Waals surface area (Å²) >= 11 is 5.45. The van der Waals surface area contributed by atoms with Gasteiger partial charge in [0.05, 0.1) is 6.61 Å². The van der Waals surface area contributed by atoms with Crippen molar-refractivity contribution in [2.45, 2.75) is 71.1 Å². The van der Waals surface area contributed by atoms with E-state index in [4.69, 9.17) is 16.3 Å². The van der Waals surface area contributed by atoms with Gasteiger partial charge in [0, 0.05) is 5.56 Å². The summed E-state index contributed by atoms with van der Waals surface area (Å²) in [5.41, 5.74) is 0.488. The van der Waals surface area contributed by atoms with Crippen LogP contribution in [0.2, 0.25) is 0 Å². The first-order chi connectivity index (χ1) is 10.7. The predicted molar refractivity (Wildman–Crippen MR) is 94.0 cm³/mol. The molecule has 0 saturated carbocycles. The van der Waals surface area contributed by atoms with Crippen LogP contribution in [-0.2, 0) is 0 Å². The van der Waals surface area contributed by atoms with Crippen LogP contribution in [0, 0.1) is 0 Å². The molecule has 0 bridgehead atoms. The quantitative estimate of drug-likeness (QED) is 0.311. The number of ether oxygens (including phenoxy) is 1. The fraction of sp³-hybridized carbons (Fsp3) is 0.632. The van der Waals surface area contributed by atoms with E-state index in [0.29, 0.717) is 12.2 Å². The molecule has 0 aliphatic heterocycles. The largest absolute Gasteiger partial charge is 0.494 e. The van der Waals surface area contributed by atoms with E-state index < -0.39 is 5.24 Å². The minimum Gasteiger partial charge on any atom is -0.494 e. The lowest BCUT2D eigenvalue weighted by molar-refractivity contribution is 0.108. The third-order valence-corrected chi connectivity index (χ3v) is 4.05. The summed E-state index contributed by atoms with van der Waals surface area (Å²) in [6, 6.07) is 7.05. The number of hydrogen-bond donors (Lipinski definition) is 0. The standard InChI is InChI=1S/C19H29ClO2/c1-2-3-4-5-6-7-8-9-10-11-15-22-18-14-12-13-17(16-18)19(20)21/h12-14,16H,2-11,15H2,1H3. The van der Waals surface area contributed by atoms with E-state index in [1.54, 1.807) is 18.2 Å². The Balaban J connectivity index is 1.97. The minimum atomic E-state index is -0.440. The molecule has 124 valence electrons. The molecule has 0 amide bonds. The van der Waals surface area contributed by atoms with Crippen LogP contribution in [0.25, 0.3) is 0 Å². The number of rotatable bonds is 13. The molecule has 0 aliphatic rings. The van der Waals surface area contributed by atoms with Crippen molar-refractivity contribution in [2.24, 2.45) is 0 Å². The molecule has 1 aromatic carbocycles. The zero-order valence-corrected chi connectivity index (χ0v) is 14.5. The summed E-state index contributed by atoms with van der Waals surface area (Å²) in [7, 11) is 0. The molecule has 0 unspecified atom stereocenters. The van der Waals surface area contributed by atoms with Crippen molar-refractivity contribution >= 4 is 16.8 Å². The average molecular weight is 325 g/mol. The van der Waals surface area contributed by atoms with E-state index >= 15 is 0 Å². The van der Waals surface area contributed by atoms with Crippen LogP contribution >= 0.6 is 11.6 Å². The molecule has 0 atom stereocenters. The van der Waals surface area contributed by atoms with E-state index in [1.807, 2.05) is 6.07 Å². The summed E-state index contributed by atoms with van der Waals surface area (Å²) in [5, 5.41) is -0.440. The molecule has 0 saturated heterocycles. The molecule has 0 radical (unpaired) electrons. The van der Waals surface area contributed by atoms with E-state index in [2.05, 4.69) is 6.92 Å². The number of benzene rings is 1. The van der Waals surface area contributed by atoms with E-state index in [1.165, 1.54) is 57.8 Å². The SMILES string of the molecule is CCCCCCCCCCCCOc1cccc(C(=O)Cl)c1. The Morgan fingerprint density at radius 3 is 2.14 bits per heavy atom. The molecule has 22 heavy (non-hydrogen) atoms.